The van der Waals surface area contributed by atoms with E-state index in [9.17, 15) is 5.11 Å². The van der Waals surface area contributed by atoms with Crippen molar-refractivity contribution in [2.75, 3.05) is 0 Å². The van der Waals surface area contributed by atoms with Crippen LogP contribution >= 0.6 is 0 Å². The lowest BCUT2D eigenvalue weighted by molar-refractivity contribution is 0.446. The van der Waals surface area contributed by atoms with Crippen LogP contribution in [0.5, 0.6) is 5.75 Å². The third-order valence-electron chi connectivity index (χ3n) is 3.22. The number of phenols is 1. The van der Waals surface area contributed by atoms with Gasteiger partial charge in [-0.1, -0.05) is 63.2 Å². The normalized spacial score (nSPS) is 11.9. The molecule has 0 atom stereocenters. The molecule has 1 N–H and O–H groups in total. The smallest absolute Gasteiger partial charge is 0.128 e. The number of hydrogen-bond acceptors (Lipinski definition) is 2. The minimum atomic E-state index is -0.0760. The lowest BCUT2D eigenvalue weighted by atomic mass is 9.85. The van der Waals surface area contributed by atoms with E-state index in [4.69, 9.17) is 0 Å². The Morgan fingerprint density at radius 3 is 2.35 bits per heavy atom. The van der Waals surface area contributed by atoms with Crippen LogP contribution in [0.1, 0.15) is 37.5 Å². The van der Waals surface area contributed by atoms with Crippen LogP contribution in [0.4, 0.5) is 0 Å². The topological polar surface area (TPSA) is 32.6 Å². The Balaban J connectivity index is 2.18. The number of benzene rings is 2. The van der Waals surface area contributed by atoms with E-state index in [1.165, 1.54) is 0 Å². The molecule has 0 aliphatic heterocycles. The molecule has 0 bridgehead atoms. The van der Waals surface area contributed by atoms with Crippen molar-refractivity contribution in [3.63, 3.8) is 0 Å². The number of nitrogens with zero attached hydrogens (tertiary/aromatic N) is 1. The molecule has 0 spiro atoms. The molecule has 0 saturated heterocycles. The molecule has 0 aromatic heterocycles. The minimum absolute atomic E-state index is 0.0760. The second-order valence-electron chi connectivity index (χ2n) is 5.95. The maximum absolute atomic E-state index is 10.3. The van der Waals surface area contributed by atoms with Crippen molar-refractivity contribution in [2.24, 2.45) is 4.99 Å². The molecule has 0 aliphatic carbocycles. The lowest BCUT2D eigenvalue weighted by Gasteiger charge is -2.21. The molecule has 2 rings (SSSR count). The van der Waals surface area contributed by atoms with E-state index in [1.807, 2.05) is 48.5 Å². The van der Waals surface area contributed by atoms with Crippen LogP contribution in [-0.4, -0.2) is 11.3 Å². The van der Waals surface area contributed by atoms with E-state index in [1.54, 1.807) is 6.21 Å². The first-order valence-electron chi connectivity index (χ1n) is 6.84. The molecule has 0 amide bonds. The van der Waals surface area contributed by atoms with E-state index in [2.05, 4.69) is 25.8 Å². The molecule has 2 aromatic carbocycles. The van der Waals surface area contributed by atoms with Crippen molar-refractivity contribution in [2.45, 2.75) is 32.7 Å². The predicted molar refractivity (Wildman–Crippen MR) is 84.5 cm³/mol. The zero-order valence-electron chi connectivity index (χ0n) is 12.3. The molecular weight excluding hydrogens is 246 g/mol. The van der Waals surface area contributed by atoms with Crippen molar-refractivity contribution in [1.29, 1.82) is 0 Å². The minimum Gasteiger partial charge on any atom is -0.507 e. The third-order valence-corrected chi connectivity index (χ3v) is 3.22. The highest BCUT2D eigenvalue weighted by Gasteiger charge is 2.18. The van der Waals surface area contributed by atoms with Crippen molar-refractivity contribution in [3.05, 3.63) is 65.2 Å². The molecule has 20 heavy (non-hydrogen) atoms. The zero-order chi connectivity index (χ0) is 14.6. The summed E-state index contributed by atoms with van der Waals surface area (Å²) < 4.78 is 0. The van der Waals surface area contributed by atoms with Crippen molar-refractivity contribution in [3.8, 4) is 5.75 Å². The molecular formula is C18H21NO. The van der Waals surface area contributed by atoms with E-state index in [0.717, 1.165) is 16.7 Å². The highest BCUT2D eigenvalue weighted by molar-refractivity contribution is 5.84. The zero-order valence-corrected chi connectivity index (χ0v) is 12.3. The van der Waals surface area contributed by atoms with Gasteiger partial charge in [0.05, 0.1) is 6.54 Å². The number of aliphatic imine (C=N–C) groups is 1. The summed E-state index contributed by atoms with van der Waals surface area (Å²) in [6.45, 7) is 6.90. The highest BCUT2D eigenvalue weighted by Crippen LogP contribution is 2.32. The maximum atomic E-state index is 10.3. The van der Waals surface area contributed by atoms with Gasteiger partial charge in [0.25, 0.3) is 0 Å². The molecule has 0 radical (unpaired) electrons. The average molecular weight is 267 g/mol. The summed E-state index contributed by atoms with van der Waals surface area (Å²) in [6, 6.07) is 15.9. The number of rotatable bonds is 3. The predicted octanol–water partition coefficient (Wildman–Crippen LogP) is 4.31. The van der Waals surface area contributed by atoms with Crippen molar-refractivity contribution in [1.82, 2.24) is 0 Å². The number of para-hydroxylation sites is 1. The molecule has 0 saturated carbocycles. The van der Waals surface area contributed by atoms with E-state index >= 15 is 0 Å². The standard InChI is InChI=1S/C18H21NO/c1-18(2,3)16-11-7-10-15(17(16)20)13-19-12-14-8-5-4-6-9-14/h4-11,13,20H,12H2,1-3H3. The van der Waals surface area contributed by atoms with Gasteiger partial charge in [-0.05, 0) is 22.6 Å². The Morgan fingerprint density at radius 1 is 1.00 bits per heavy atom. The Hall–Kier alpha value is -2.09. The fourth-order valence-corrected chi connectivity index (χ4v) is 2.10. The first-order valence-corrected chi connectivity index (χ1v) is 6.84. The summed E-state index contributed by atoms with van der Waals surface area (Å²) in [6.07, 6.45) is 1.75. The Bertz CT molecular complexity index is 595. The highest BCUT2D eigenvalue weighted by atomic mass is 16.3. The molecule has 0 unspecified atom stereocenters. The molecule has 0 aliphatic rings. The summed E-state index contributed by atoms with van der Waals surface area (Å²) in [7, 11) is 0. The van der Waals surface area contributed by atoms with Crippen LogP contribution in [0.25, 0.3) is 0 Å². The fraction of sp³-hybridized carbons (Fsp3) is 0.278. The summed E-state index contributed by atoms with van der Waals surface area (Å²) in [5.74, 6) is 0.330. The molecule has 104 valence electrons. The van der Waals surface area contributed by atoms with Gasteiger partial charge in [-0.15, -0.1) is 0 Å². The second kappa shape index (κ2) is 5.91. The largest absolute Gasteiger partial charge is 0.507 e. The Morgan fingerprint density at radius 2 is 1.70 bits per heavy atom. The number of aromatic hydroxyl groups is 1. The first kappa shape index (κ1) is 14.3. The third kappa shape index (κ3) is 3.47. The Labute approximate surface area is 120 Å². The first-order chi connectivity index (χ1) is 9.48. The van der Waals surface area contributed by atoms with Gasteiger partial charge in [0.2, 0.25) is 0 Å². The number of phenolic OH excluding ortho intramolecular Hbond substituents is 1. The van der Waals surface area contributed by atoms with E-state index < -0.39 is 0 Å². The molecule has 2 aromatic rings. The molecule has 2 nitrogen and oxygen atoms in total. The van der Waals surface area contributed by atoms with Crippen LogP contribution in [0.15, 0.2) is 53.5 Å². The summed E-state index contributed by atoms with van der Waals surface area (Å²) in [5, 5.41) is 10.3. The SMILES string of the molecule is CC(C)(C)c1cccc(C=NCc2ccccc2)c1O. The lowest BCUT2D eigenvalue weighted by Crippen LogP contribution is -2.11. The summed E-state index contributed by atoms with van der Waals surface area (Å²) >= 11 is 0. The van der Waals surface area contributed by atoms with Gasteiger partial charge >= 0.3 is 0 Å². The van der Waals surface area contributed by atoms with Crippen molar-refractivity contribution < 1.29 is 5.11 Å². The van der Waals surface area contributed by atoms with Crippen LogP contribution < -0.4 is 0 Å². The van der Waals surface area contributed by atoms with Gasteiger partial charge in [-0.2, -0.15) is 0 Å². The maximum Gasteiger partial charge on any atom is 0.128 e. The second-order valence-corrected chi connectivity index (χ2v) is 5.95. The van der Waals surface area contributed by atoms with Crippen LogP contribution in [0, 0.1) is 0 Å². The van der Waals surface area contributed by atoms with Gasteiger partial charge in [0.1, 0.15) is 5.75 Å². The Kier molecular flexibility index (Phi) is 4.23. The monoisotopic (exact) mass is 267 g/mol. The van der Waals surface area contributed by atoms with Crippen LogP contribution in [0.2, 0.25) is 0 Å². The van der Waals surface area contributed by atoms with Crippen LogP contribution in [-0.2, 0) is 12.0 Å². The van der Waals surface area contributed by atoms with Gasteiger partial charge in [-0.25, -0.2) is 0 Å². The molecule has 0 heterocycles. The summed E-state index contributed by atoms with van der Waals surface area (Å²) in [4.78, 5) is 4.41. The van der Waals surface area contributed by atoms with Gasteiger partial charge in [-0.3, -0.25) is 4.99 Å². The van der Waals surface area contributed by atoms with Gasteiger partial charge in [0.15, 0.2) is 0 Å². The molecule has 0 fully saturated rings. The van der Waals surface area contributed by atoms with E-state index in [0.29, 0.717) is 12.3 Å². The van der Waals surface area contributed by atoms with Crippen molar-refractivity contribution >= 4 is 6.21 Å². The fourth-order valence-electron chi connectivity index (χ4n) is 2.10. The number of hydrogen-bond donors (Lipinski definition) is 1. The van der Waals surface area contributed by atoms with Gasteiger partial charge < -0.3 is 5.11 Å². The molecule has 2 heteroatoms. The van der Waals surface area contributed by atoms with Gasteiger partial charge in [0, 0.05) is 11.8 Å². The summed E-state index contributed by atoms with van der Waals surface area (Å²) in [5.41, 5.74) is 2.80. The average Bonchev–Trinajstić information content (AvgIpc) is 2.40. The quantitative estimate of drug-likeness (QED) is 0.826. The van der Waals surface area contributed by atoms with E-state index in [-0.39, 0.29) is 5.41 Å². The van der Waals surface area contributed by atoms with Crippen LogP contribution in [0.3, 0.4) is 0 Å².